The number of halogens is 1. The van der Waals surface area contributed by atoms with Crippen LogP contribution in [0, 0.1) is 10.1 Å². The van der Waals surface area contributed by atoms with Gasteiger partial charge in [-0.25, -0.2) is 4.98 Å². The van der Waals surface area contributed by atoms with E-state index < -0.39 is 4.92 Å². The Morgan fingerprint density at radius 1 is 1.21 bits per heavy atom. The maximum atomic E-state index is 10.6. The molecule has 94 valence electrons. The van der Waals surface area contributed by atoms with Crippen LogP contribution in [-0.4, -0.2) is 14.3 Å². The summed E-state index contributed by atoms with van der Waals surface area (Å²) in [5.74, 6) is 0. The van der Waals surface area contributed by atoms with Crippen molar-refractivity contribution in [3.05, 3.63) is 63.9 Å². The van der Waals surface area contributed by atoms with Crippen LogP contribution < -0.4 is 0 Å². The molecule has 0 amide bonds. The Hall–Kier alpha value is -2.40. The van der Waals surface area contributed by atoms with E-state index in [0.29, 0.717) is 5.02 Å². The summed E-state index contributed by atoms with van der Waals surface area (Å²) in [5, 5.41) is 11.2. The van der Waals surface area contributed by atoms with Crippen molar-refractivity contribution < 1.29 is 4.92 Å². The largest absolute Gasteiger partial charge is 0.300 e. The number of imidazole rings is 1. The highest BCUT2D eigenvalue weighted by Crippen LogP contribution is 2.24. The Labute approximate surface area is 113 Å². The van der Waals surface area contributed by atoms with Gasteiger partial charge in [0.05, 0.1) is 16.8 Å². The zero-order chi connectivity index (χ0) is 13.4. The number of hydrogen-bond acceptors (Lipinski definition) is 3. The van der Waals surface area contributed by atoms with Gasteiger partial charge in [0, 0.05) is 35.0 Å². The lowest BCUT2D eigenvalue weighted by Gasteiger charge is -2.02. The lowest BCUT2D eigenvalue weighted by Crippen LogP contribution is -1.89. The van der Waals surface area contributed by atoms with Crippen molar-refractivity contribution in [3.63, 3.8) is 0 Å². The lowest BCUT2D eigenvalue weighted by molar-refractivity contribution is -0.384. The molecule has 0 saturated carbocycles. The van der Waals surface area contributed by atoms with Gasteiger partial charge >= 0.3 is 0 Å². The van der Waals surface area contributed by atoms with Crippen molar-refractivity contribution in [2.45, 2.75) is 0 Å². The Bertz CT molecular complexity index is 765. The molecule has 3 rings (SSSR count). The Morgan fingerprint density at radius 2 is 1.95 bits per heavy atom. The standard InChI is InChI=1S/C13H8ClN3O2/c14-10-5-6-16-12(8-15-13(16)7-10)9-1-3-11(4-2-9)17(18)19/h1-8H. The highest BCUT2D eigenvalue weighted by atomic mass is 35.5. The molecule has 0 radical (unpaired) electrons. The van der Waals surface area contributed by atoms with E-state index in [0.717, 1.165) is 16.9 Å². The first-order valence-electron chi connectivity index (χ1n) is 5.52. The van der Waals surface area contributed by atoms with Crippen molar-refractivity contribution in [1.82, 2.24) is 9.38 Å². The molecule has 19 heavy (non-hydrogen) atoms. The van der Waals surface area contributed by atoms with Crippen molar-refractivity contribution in [1.29, 1.82) is 0 Å². The number of aromatic nitrogens is 2. The van der Waals surface area contributed by atoms with E-state index in [2.05, 4.69) is 4.98 Å². The number of nitro benzene ring substituents is 1. The molecule has 1 aromatic carbocycles. The summed E-state index contributed by atoms with van der Waals surface area (Å²) in [6, 6.07) is 9.89. The predicted octanol–water partition coefficient (Wildman–Crippen LogP) is 3.56. The summed E-state index contributed by atoms with van der Waals surface area (Å²) in [7, 11) is 0. The zero-order valence-corrected chi connectivity index (χ0v) is 10.4. The van der Waals surface area contributed by atoms with Crippen LogP contribution in [0.4, 0.5) is 5.69 Å². The normalized spacial score (nSPS) is 10.8. The van der Waals surface area contributed by atoms with E-state index >= 15 is 0 Å². The van der Waals surface area contributed by atoms with Crippen LogP contribution in [0.3, 0.4) is 0 Å². The molecule has 0 aliphatic rings. The maximum absolute atomic E-state index is 10.6. The van der Waals surface area contributed by atoms with Crippen molar-refractivity contribution in [2.75, 3.05) is 0 Å². The molecular formula is C13H8ClN3O2. The second-order valence-corrected chi connectivity index (χ2v) is 4.46. The number of non-ortho nitro benzene ring substituents is 1. The van der Waals surface area contributed by atoms with E-state index in [4.69, 9.17) is 11.6 Å². The van der Waals surface area contributed by atoms with Crippen LogP contribution in [0.2, 0.25) is 5.02 Å². The third-order valence-corrected chi connectivity index (χ3v) is 3.08. The highest BCUT2D eigenvalue weighted by molar-refractivity contribution is 6.30. The third-order valence-electron chi connectivity index (χ3n) is 2.85. The minimum atomic E-state index is -0.419. The first-order valence-corrected chi connectivity index (χ1v) is 5.90. The predicted molar refractivity (Wildman–Crippen MR) is 72.3 cm³/mol. The average Bonchev–Trinajstić information content (AvgIpc) is 2.81. The van der Waals surface area contributed by atoms with Crippen LogP contribution in [0.25, 0.3) is 16.9 Å². The molecule has 3 aromatic rings. The molecule has 0 saturated heterocycles. The first kappa shape index (κ1) is 11.7. The average molecular weight is 274 g/mol. The monoisotopic (exact) mass is 273 g/mol. The minimum Gasteiger partial charge on any atom is -0.300 e. The molecule has 2 heterocycles. The number of nitro groups is 1. The topological polar surface area (TPSA) is 60.4 Å². The summed E-state index contributed by atoms with van der Waals surface area (Å²) in [6.45, 7) is 0. The van der Waals surface area contributed by atoms with E-state index in [-0.39, 0.29) is 5.69 Å². The molecule has 0 N–H and O–H groups in total. The molecule has 0 bridgehead atoms. The van der Waals surface area contributed by atoms with E-state index in [1.165, 1.54) is 12.1 Å². The molecule has 0 spiro atoms. The summed E-state index contributed by atoms with van der Waals surface area (Å²) in [6.07, 6.45) is 3.54. The molecule has 6 heteroatoms. The molecular weight excluding hydrogens is 266 g/mol. The van der Waals surface area contributed by atoms with Gasteiger partial charge in [-0.15, -0.1) is 0 Å². The highest BCUT2D eigenvalue weighted by Gasteiger charge is 2.09. The number of benzene rings is 1. The number of pyridine rings is 1. The van der Waals surface area contributed by atoms with Gasteiger partial charge in [-0.1, -0.05) is 11.6 Å². The Morgan fingerprint density at radius 3 is 2.63 bits per heavy atom. The lowest BCUT2D eigenvalue weighted by atomic mass is 10.1. The van der Waals surface area contributed by atoms with E-state index in [1.807, 2.05) is 10.6 Å². The van der Waals surface area contributed by atoms with Gasteiger partial charge in [-0.05, 0) is 18.2 Å². The van der Waals surface area contributed by atoms with Crippen LogP contribution in [0.15, 0.2) is 48.8 Å². The van der Waals surface area contributed by atoms with Crippen molar-refractivity contribution in [2.24, 2.45) is 0 Å². The van der Waals surface area contributed by atoms with Crippen LogP contribution in [0.5, 0.6) is 0 Å². The van der Waals surface area contributed by atoms with Gasteiger partial charge in [-0.2, -0.15) is 0 Å². The second kappa shape index (κ2) is 4.37. The van der Waals surface area contributed by atoms with Crippen molar-refractivity contribution in [3.8, 4) is 11.3 Å². The molecule has 2 aromatic heterocycles. The molecule has 5 nitrogen and oxygen atoms in total. The molecule has 0 fully saturated rings. The zero-order valence-electron chi connectivity index (χ0n) is 9.65. The van der Waals surface area contributed by atoms with Gasteiger partial charge in [0.25, 0.3) is 5.69 Å². The fraction of sp³-hybridized carbons (Fsp3) is 0. The van der Waals surface area contributed by atoms with Gasteiger partial charge in [-0.3, -0.25) is 14.5 Å². The Balaban J connectivity index is 2.11. The summed E-state index contributed by atoms with van der Waals surface area (Å²) in [4.78, 5) is 14.5. The molecule has 0 aliphatic carbocycles. The summed E-state index contributed by atoms with van der Waals surface area (Å²) in [5.41, 5.74) is 2.53. The fourth-order valence-corrected chi connectivity index (χ4v) is 2.08. The summed E-state index contributed by atoms with van der Waals surface area (Å²) >= 11 is 5.90. The smallest absolute Gasteiger partial charge is 0.269 e. The van der Waals surface area contributed by atoms with Gasteiger partial charge in [0.15, 0.2) is 0 Å². The molecule has 0 aliphatic heterocycles. The number of hydrogen-bond donors (Lipinski definition) is 0. The third kappa shape index (κ3) is 2.04. The number of fused-ring (bicyclic) bond motifs is 1. The van der Waals surface area contributed by atoms with Crippen LogP contribution in [-0.2, 0) is 0 Å². The maximum Gasteiger partial charge on any atom is 0.269 e. The van der Waals surface area contributed by atoms with Gasteiger partial charge < -0.3 is 0 Å². The minimum absolute atomic E-state index is 0.0700. The van der Waals surface area contributed by atoms with Gasteiger partial charge in [0.1, 0.15) is 5.65 Å². The first-order chi connectivity index (χ1) is 9.15. The van der Waals surface area contributed by atoms with Crippen molar-refractivity contribution >= 4 is 22.9 Å². The van der Waals surface area contributed by atoms with E-state index in [9.17, 15) is 10.1 Å². The molecule has 0 atom stereocenters. The quantitative estimate of drug-likeness (QED) is 0.530. The summed E-state index contributed by atoms with van der Waals surface area (Å²) < 4.78 is 1.88. The number of rotatable bonds is 2. The number of nitrogens with zero attached hydrogens (tertiary/aromatic N) is 3. The SMILES string of the molecule is O=[N+]([O-])c1ccc(-c2cnc3cc(Cl)ccn23)cc1. The second-order valence-electron chi connectivity index (χ2n) is 4.02. The molecule has 0 unspecified atom stereocenters. The van der Waals surface area contributed by atoms with Crippen LogP contribution in [0.1, 0.15) is 0 Å². The van der Waals surface area contributed by atoms with Gasteiger partial charge in [0.2, 0.25) is 0 Å². The van der Waals surface area contributed by atoms with Crippen LogP contribution >= 0.6 is 11.6 Å². The fourth-order valence-electron chi connectivity index (χ4n) is 1.92. The Kier molecular flexibility index (Phi) is 2.68. The van der Waals surface area contributed by atoms with E-state index in [1.54, 1.807) is 30.5 Å².